The molecule has 1 aliphatic heterocycles. The van der Waals surface area contributed by atoms with E-state index < -0.39 is 11.9 Å². The van der Waals surface area contributed by atoms with E-state index in [1.54, 1.807) is 13.8 Å². The Balaban J connectivity index is 2.54. The highest BCUT2D eigenvalue weighted by Gasteiger charge is 2.45. The first kappa shape index (κ1) is 21.3. The number of carbonyl (C=O) groups excluding carboxylic acids is 2. The molecular weight excluding hydrogens is 366 g/mol. The van der Waals surface area contributed by atoms with Crippen LogP contribution < -0.4 is 11.1 Å². The monoisotopic (exact) mass is 395 g/mol. The van der Waals surface area contributed by atoms with Crippen LogP contribution in [0.15, 0.2) is 16.3 Å². The zero-order valence-electron chi connectivity index (χ0n) is 16.2. The first-order valence-electron chi connectivity index (χ1n) is 9.47. The molecule has 0 amide bonds. The molecule has 27 heavy (non-hydrogen) atoms. The van der Waals surface area contributed by atoms with Crippen molar-refractivity contribution in [2.45, 2.75) is 46.0 Å². The van der Waals surface area contributed by atoms with Crippen LogP contribution in [0.4, 0.5) is 0 Å². The molecule has 2 unspecified atom stereocenters. The van der Waals surface area contributed by atoms with Gasteiger partial charge in [-0.15, -0.1) is 0 Å². The lowest BCUT2D eigenvalue weighted by atomic mass is 9.67. The van der Waals surface area contributed by atoms with Crippen molar-refractivity contribution < 1.29 is 19.1 Å². The van der Waals surface area contributed by atoms with Crippen molar-refractivity contribution in [3.05, 3.63) is 11.3 Å². The molecule has 3 N–H and O–H groups in total. The molecule has 0 aromatic heterocycles. The third-order valence-electron chi connectivity index (χ3n) is 5.30. The summed E-state index contributed by atoms with van der Waals surface area (Å²) in [7, 11) is 1.37. The molecule has 1 heterocycles. The van der Waals surface area contributed by atoms with Crippen LogP contribution in [-0.2, 0) is 19.1 Å². The maximum atomic E-state index is 12.9. The van der Waals surface area contributed by atoms with E-state index in [0.29, 0.717) is 17.0 Å². The Hall–Kier alpha value is -1.96. The SMILES string of the molecule is CCOC(=O)C1=C(CNC(N)=S)N=C(C)C(C(=O)OC)C1C1CCCCC1. The summed E-state index contributed by atoms with van der Waals surface area (Å²) < 4.78 is 10.4. The summed E-state index contributed by atoms with van der Waals surface area (Å²) in [5, 5.41) is 2.99. The summed E-state index contributed by atoms with van der Waals surface area (Å²) in [6, 6.07) is 0. The molecule has 7 nitrogen and oxygen atoms in total. The third-order valence-corrected chi connectivity index (χ3v) is 5.45. The highest BCUT2D eigenvalue weighted by Crippen LogP contribution is 2.43. The minimum atomic E-state index is -0.578. The number of nitrogens with zero attached hydrogens (tertiary/aromatic N) is 1. The average molecular weight is 396 g/mol. The number of rotatable bonds is 6. The van der Waals surface area contributed by atoms with E-state index in [1.807, 2.05) is 0 Å². The Bertz CT molecular complexity index is 653. The van der Waals surface area contributed by atoms with E-state index in [1.165, 1.54) is 13.5 Å². The summed E-state index contributed by atoms with van der Waals surface area (Å²) >= 11 is 4.89. The zero-order chi connectivity index (χ0) is 20.0. The van der Waals surface area contributed by atoms with E-state index >= 15 is 0 Å². The minimum Gasteiger partial charge on any atom is -0.468 e. The van der Waals surface area contributed by atoms with Crippen molar-refractivity contribution in [1.29, 1.82) is 0 Å². The molecule has 0 bridgehead atoms. The Morgan fingerprint density at radius 3 is 2.52 bits per heavy atom. The number of thiocarbonyl (C=S) groups is 1. The predicted octanol–water partition coefficient (Wildman–Crippen LogP) is 2.10. The van der Waals surface area contributed by atoms with Gasteiger partial charge >= 0.3 is 11.9 Å². The third kappa shape index (κ3) is 5.06. The van der Waals surface area contributed by atoms with Crippen LogP contribution in [0.3, 0.4) is 0 Å². The Morgan fingerprint density at radius 2 is 1.96 bits per heavy atom. The van der Waals surface area contributed by atoms with Crippen LogP contribution in [0.1, 0.15) is 46.0 Å². The number of aliphatic imine (C=N–C) groups is 1. The molecule has 0 radical (unpaired) electrons. The fraction of sp³-hybridized carbons (Fsp3) is 0.684. The van der Waals surface area contributed by atoms with E-state index in [2.05, 4.69) is 10.3 Å². The standard InChI is InChI=1S/C19H29N3O4S/c1-4-26-18(24)16-13(10-21-19(20)27)22-11(2)14(17(23)25-3)15(16)12-8-6-5-7-9-12/h12,14-15H,4-10H2,1-3H3,(H3,20,21,27). The molecule has 0 aromatic rings. The minimum absolute atomic E-state index is 0.128. The number of carbonyl (C=O) groups is 2. The maximum Gasteiger partial charge on any atom is 0.336 e. The van der Waals surface area contributed by atoms with Crippen molar-refractivity contribution in [3.8, 4) is 0 Å². The lowest BCUT2D eigenvalue weighted by molar-refractivity contribution is -0.146. The number of hydrogen-bond donors (Lipinski definition) is 2. The molecule has 0 saturated heterocycles. The van der Waals surface area contributed by atoms with Crippen LogP contribution in [-0.4, -0.2) is 43.0 Å². The smallest absolute Gasteiger partial charge is 0.336 e. The van der Waals surface area contributed by atoms with Gasteiger partial charge in [0.15, 0.2) is 5.11 Å². The molecule has 0 spiro atoms. The summed E-state index contributed by atoms with van der Waals surface area (Å²) in [5.74, 6) is -1.48. The number of nitrogens with two attached hydrogens (primary N) is 1. The molecule has 150 valence electrons. The summed E-state index contributed by atoms with van der Waals surface area (Å²) in [4.78, 5) is 30.0. The van der Waals surface area contributed by atoms with Gasteiger partial charge in [0.05, 0.1) is 31.5 Å². The molecule has 0 aromatic carbocycles. The highest BCUT2D eigenvalue weighted by atomic mass is 32.1. The summed E-state index contributed by atoms with van der Waals surface area (Å²) in [6.45, 7) is 4.04. The van der Waals surface area contributed by atoms with Crippen LogP contribution in [0.5, 0.6) is 0 Å². The first-order valence-corrected chi connectivity index (χ1v) is 9.88. The molecular formula is C19H29N3O4S. The summed E-state index contributed by atoms with van der Waals surface area (Å²) in [5.41, 5.74) is 7.19. The van der Waals surface area contributed by atoms with Gasteiger partial charge in [0.25, 0.3) is 0 Å². The Morgan fingerprint density at radius 1 is 1.30 bits per heavy atom. The zero-order valence-corrected chi connectivity index (χ0v) is 17.1. The number of esters is 2. The first-order chi connectivity index (χ1) is 12.9. The molecule has 2 aliphatic rings. The van der Waals surface area contributed by atoms with Crippen LogP contribution in [0.2, 0.25) is 0 Å². The maximum absolute atomic E-state index is 12.9. The predicted molar refractivity (Wildman–Crippen MR) is 107 cm³/mol. The van der Waals surface area contributed by atoms with Crippen LogP contribution in [0.25, 0.3) is 0 Å². The molecule has 8 heteroatoms. The van der Waals surface area contributed by atoms with Crippen molar-refractivity contribution in [3.63, 3.8) is 0 Å². The molecule has 2 rings (SSSR count). The number of ether oxygens (including phenoxy) is 2. The largest absolute Gasteiger partial charge is 0.468 e. The average Bonchev–Trinajstić information content (AvgIpc) is 2.65. The second-order valence-corrected chi connectivity index (χ2v) is 7.42. The van der Waals surface area contributed by atoms with E-state index in [0.717, 1.165) is 25.7 Å². The van der Waals surface area contributed by atoms with Gasteiger partial charge in [0.1, 0.15) is 5.92 Å². The van der Waals surface area contributed by atoms with E-state index in [-0.39, 0.29) is 36.1 Å². The van der Waals surface area contributed by atoms with Crippen molar-refractivity contribution in [2.75, 3.05) is 20.3 Å². The topological polar surface area (TPSA) is 103 Å². The molecule has 1 saturated carbocycles. The fourth-order valence-electron chi connectivity index (χ4n) is 4.18. The van der Waals surface area contributed by atoms with Gasteiger partial charge in [-0.3, -0.25) is 9.79 Å². The van der Waals surface area contributed by atoms with E-state index in [9.17, 15) is 9.59 Å². The number of hydrogen-bond acceptors (Lipinski definition) is 6. The number of methoxy groups -OCH3 is 1. The van der Waals surface area contributed by atoms with Gasteiger partial charge in [-0.05, 0) is 44.8 Å². The number of nitrogens with one attached hydrogen (secondary N) is 1. The van der Waals surface area contributed by atoms with Gasteiger partial charge in [0.2, 0.25) is 0 Å². The van der Waals surface area contributed by atoms with E-state index in [4.69, 9.17) is 27.4 Å². The van der Waals surface area contributed by atoms with Crippen LogP contribution in [0, 0.1) is 17.8 Å². The lowest BCUT2D eigenvalue weighted by Crippen LogP contribution is -2.43. The normalized spacial score (nSPS) is 23.4. The van der Waals surface area contributed by atoms with Crippen molar-refractivity contribution in [2.24, 2.45) is 28.5 Å². The van der Waals surface area contributed by atoms with Gasteiger partial charge in [-0.25, -0.2) is 4.79 Å². The van der Waals surface area contributed by atoms with Crippen LogP contribution >= 0.6 is 12.2 Å². The van der Waals surface area contributed by atoms with Gasteiger partial charge in [-0.1, -0.05) is 19.3 Å². The quantitative estimate of drug-likeness (QED) is 0.524. The second-order valence-electron chi connectivity index (χ2n) is 6.98. The van der Waals surface area contributed by atoms with Crippen molar-refractivity contribution >= 4 is 35.0 Å². The van der Waals surface area contributed by atoms with Crippen molar-refractivity contribution in [1.82, 2.24) is 5.32 Å². The fourth-order valence-corrected chi connectivity index (χ4v) is 4.25. The Kier molecular flexibility index (Phi) is 7.77. The highest BCUT2D eigenvalue weighted by molar-refractivity contribution is 7.80. The molecule has 1 aliphatic carbocycles. The molecule has 1 fully saturated rings. The van der Waals surface area contributed by atoms with Gasteiger partial charge in [0, 0.05) is 11.6 Å². The van der Waals surface area contributed by atoms with Gasteiger partial charge < -0.3 is 20.5 Å². The van der Waals surface area contributed by atoms with Gasteiger partial charge in [-0.2, -0.15) is 0 Å². The summed E-state index contributed by atoms with van der Waals surface area (Å²) in [6.07, 6.45) is 5.27. The Labute approximate surface area is 165 Å². The molecule has 2 atom stereocenters. The lowest BCUT2D eigenvalue weighted by Gasteiger charge is -2.38. The second kappa shape index (κ2) is 9.82.